The standard InChI is InChI=1S/C17H27FN2O/c1-3-4-10-20(13-16-6-5-9-19-16)12-14-11-15(18)7-8-17(14)21-2/h7-8,11,16,19H,3-6,9-10,12-13H2,1-2H3. The third-order valence-electron chi connectivity index (χ3n) is 4.11. The van der Waals surface area contributed by atoms with Crippen LogP contribution >= 0.6 is 0 Å². The van der Waals surface area contributed by atoms with Crippen LogP contribution in [0, 0.1) is 5.82 Å². The van der Waals surface area contributed by atoms with Gasteiger partial charge < -0.3 is 10.1 Å². The summed E-state index contributed by atoms with van der Waals surface area (Å²) in [5.41, 5.74) is 0.937. The molecule has 2 rings (SSSR count). The number of nitrogens with zero attached hydrogens (tertiary/aromatic N) is 1. The Hall–Kier alpha value is -1.13. The van der Waals surface area contributed by atoms with Crippen LogP contribution in [0.1, 0.15) is 38.2 Å². The normalized spacial score (nSPS) is 18.4. The molecule has 21 heavy (non-hydrogen) atoms. The highest BCUT2D eigenvalue weighted by atomic mass is 19.1. The fourth-order valence-corrected chi connectivity index (χ4v) is 2.95. The predicted octanol–water partition coefficient (Wildman–Crippen LogP) is 3.19. The minimum Gasteiger partial charge on any atom is -0.496 e. The van der Waals surface area contributed by atoms with Gasteiger partial charge in [-0.2, -0.15) is 0 Å². The molecular weight excluding hydrogens is 267 g/mol. The minimum absolute atomic E-state index is 0.194. The van der Waals surface area contributed by atoms with Crippen LogP contribution in [0.4, 0.5) is 4.39 Å². The first kappa shape index (κ1) is 16.2. The van der Waals surface area contributed by atoms with Gasteiger partial charge in [-0.25, -0.2) is 4.39 Å². The van der Waals surface area contributed by atoms with E-state index in [1.807, 2.05) is 0 Å². The van der Waals surface area contributed by atoms with Crippen LogP contribution in [-0.2, 0) is 6.54 Å². The highest BCUT2D eigenvalue weighted by Crippen LogP contribution is 2.22. The Morgan fingerprint density at radius 1 is 1.43 bits per heavy atom. The van der Waals surface area contributed by atoms with Crippen LogP contribution < -0.4 is 10.1 Å². The molecule has 1 fully saturated rings. The van der Waals surface area contributed by atoms with Crippen LogP contribution in [0.15, 0.2) is 18.2 Å². The zero-order valence-corrected chi connectivity index (χ0v) is 13.2. The van der Waals surface area contributed by atoms with Crippen LogP contribution in [0.2, 0.25) is 0 Å². The largest absolute Gasteiger partial charge is 0.496 e. The van der Waals surface area contributed by atoms with E-state index in [1.54, 1.807) is 19.2 Å². The van der Waals surface area contributed by atoms with E-state index in [2.05, 4.69) is 17.1 Å². The summed E-state index contributed by atoms with van der Waals surface area (Å²) in [5, 5.41) is 3.54. The molecule has 0 radical (unpaired) electrons. The highest BCUT2D eigenvalue weighted by Gasteiger charge is 2.19. The molecule has 118 valence electrons. The first-order chi connectivity index (χ1) is 10.2. The number of hydrogen-bond donors (Lipinski definition) is 1. The summed E-state index contributed by atoms with van der Waals surface area (Å²) in [5.74, 6) is 0.581. The average Bonchev–Trinajstić information content (AvgIpc) is 2.98. The molecule has 0 aliphatic carbocycles. The van der Waals surface area contributed by atoms with Gasteiger partial charge in [0.1, 0.15) is 11.6 Å². The van der Waals surface area contributed by atoms with Gasteiger partial charge in [0.05, 0.1) is 7.11 Å². The second-order valence-electron chi connectivity index (χ2n) is 5.84. The predicted molar refractivity (Wildman–Crippen MR) is 84.2 cm³/mol. The van der Waals surface area contributed by atoms with E-state index in [-0.39, 0.29) is 5.82 Å². The lowest BCUT2D eigenvalue weighted by molar-refractivity contribution is 0.234. The van der Waals surface area contributed by atoms with E-state index >= 15 is 0 Å². The van der Waals surface area contributed by atoms with E-state index < -0.39 is 0 Å². The lowest BCUT2D eigenvalue weighted by Gasteiger charge is -2.26. The number of methoxy groups -OCH3 is 1. The van der Waals surface area contributed by atoms with Crippen LogP contribution in [-0.4, -0.2) is 37.7 Å². The van der Waals surface area contributed by atoms with E-state index in [4.69, 9.17) is 4.74 Å². The summed E-state index contributed by atoms with van der Waals surface area (Å²) in [4.78, 5) is 2.42. The van der Waals surface area contributed by atoms with E-state index in [1.165, 1.54) is 31.7 Å². The first-order valence-electron chi connectivity index (χ1n) is 8.01. The Labute approximate surface area is 127 Å². The lowest BCUT2D eigenvalue weighted by atomic mass is 10.1. The van der Waals surface area contributed by atoms with Gasteiger partial charge in [0.2, 0.25) is 0 Å². The Bertz CT molecular complexity index is 433. The second kappa shape index (κ2) is 8.35. The molecule has 1 heterocycles. The molecule has 0 aromatic heterocycles. The highest BCUT2D eigenvalue weighted by molar-refractivity contribution is 5.33. The van der Waals surface area contributed by atoms with Gasteiger partial charge in [0, 0.05) is 24.7 Å². The van der Waals surface area contributed by atoms with Gasteiger partial charge in [-0.15, -0.1) is 0 Å². The molecule has 1 N–H and O–H groups in total. The van der Waals surface area contributed by atoms with Crippen molar-refractivity contribution in [3.05, 3.63) is 29.6 Å². The Morgan fingerprint density at radius 2 is 2.29 bits per heavy atom. The van der Waals surface area contributed by atoms with Gasteiger partial charge in [0.25, 0.3) is 0 Å². The maximum absolute atomic E-state index is 13.5. The van der Waals surface area contributed by atoms with Gasteiger partial charge in [-0.05, 0) is 50.6 Å². The first-order valence-corrected chi connectivity index (χ1v) is 8.01. The molecule has 1 unspecified atom stereocenters. The van der Waals surface area contributed by atoms with Crippen molar-refractivity contribution in [3.63, 3.8) is 0 Å². The quantitative estimate of drug-likeness (QED) is 0.797. The number of benzene rings is 1. The molecule has 0 saturated carbocycles. The number of ether oxygens (including phenoxy) is 1. The summed E-state index contributed by atoms with van der Waals surface area (Å²) >= 11 is 0. The zero-order valence-electron chi connectivity index (χ0n) is 13.2. The van der Waals surface area contributed by atoms with Crippen molar-refractivity contribution >= 4 is 0 Å². The monoisotopic (exact) mass is 294 g/mol. The fraction of sp³-hybridized carbons (Fsp3) is 0.647. The van der Waals surface area contributed by atoms with Gasteiger partial charge in [0.15, 0.2) is 0 Å². The molecule has 1 aliphatic heterocycles. The van der Waals surface area contributed by atoms with Crippen molar-refractivity contribution in [1.82, 2.24) is 10.2 Å². The average molecular weight is 294 g/mol. The van der Waals surface area contributed by atoms with Crippen molar-refractivity contribution in [2.45, 2.75) is 45.2 Å². The molecule has 0 spiro atoms. The Kier molecular flexibility index (Phi) is 6.46. The minimum atomic E-state index is -0.194. The van der Waals surface area contributed by atoms with Gasteiger partial charge >= 0.3 is 0 Å². The van der Waals surface area contributed by atoms with E-state index in [0.29, 0.717) is 6.04 Å². The van der Waals surface area contributed by atoms with Crippen molar-refractivity contribution in [1.29, 1.82) is 0 Å². The van der Waals surface area contributed by atoms with Crippen molar-refractivity contribution in [2.24, 2.45) is 0 Å². The molecule has 0 amide bonds. The summed E-state index contributed by atoms with van der Waals surface area (Å²) in [6.07, 6.45) is 4.84. The molecule has 1 saturated heterocycles. The number of halogens is 1. The molecule has 3 nitrogen and oxygen atoms in total. The Balaban J connectivity index is 2.03. The molecular formula is C17H27FN2O. The van der Waals surface area contributed by atoms with Crippen molar-refractivity contribution in [3.8, 4) is 5.75 Å². The lowest BCUT2D eigenvalue weighted by Crippen LogP contribution is -2.37. The summed E-state index contributed by atoms with van der Waals surface area (Å²) in [6, 6.07) is 5.34. The third-order valence-corrected chi connectivity index (χ3v) is 4.11. The van der Waals surface area contributed by atoms with Crippen LogP contribution in [0.3, 0.4) is 0 Å². The molecule has 1 atom stereocenters. The molecule has 1 aliphatic rings. The molecule has 4 heteroatoms. The molecule has 1 aromatic rings. The summed E-state index contributed by atoms with van der Waals surface area (Å²) in [6.45, 7) is 6.15. The number of rotatable bonds is 8. The van der Waals surface area contributed by atoms with Crippen molar-refractivity contribution < 1.29 is 9.13 Å². The smallest absolute Gasteiger partial charge is 0.123 e. The van der Waals surface area contributed by atoms with Crippen LogP contribution in [0.25, 0.3) is 0 Å². The second-order valence-corrected chi connectivity index (χ2v) is 5.84. The molecule has 0 bridgehead atoms. The van der Waals surface area contributed by atoms with E-state index in [0.717, 1.165) is 37.5 Å². The van der Waals surface area contributed by atoms with E-state index in [9.17, 15) is 4.39 Å². The third kappa shape index (κ3) is 4.97. The number of hydrogen-bond acceptors (Lipinski definition) is 3. The maximum atomic E-state index is 13.5. The number of nitrogens with one attached hydrogen (secondary N) is 1. The maximum Gasteiger partial charge on any atom is 0.123 e. The SMILES string of the molecule is CCCCN(Cc1cc(F)ccc1OC)CC1CCCN1. The number of unbranched alkanes of at least 4 members (excludes halogenated alkanes) is 1. The summed E-state index contributed by atoms with van der Waals surface area (Å²) < 4.78 is 18.9. The van der Waals surface area contributed by atoms with Gasteiger partial charge in [-0.1, -0.05) is 13.3 Å². The topological polar surface area (TPSA) is 24.5 Å². The Morgan fingerprint density at radius 3 is 2.95 bits per heavy atom. The molecule has 1 aromatic carbocycles. The fourth-order valence-electron chi connectivity index (χ4n) is 2.95. The summed E-state index contributed by atoms with van der Waals surface area (Å²) in [7, 11) is 1.64. The van der Waals surface area contributed by atoms with Gasteiger partial charge in [-0.3, -0.25) is 4.90 Å². The van der Waals surface area contributed by atoms with Crippen LogP contribution in [0.5, 0.6) is 5.75 Å². The zero-order chi connectivity index (χ0) is 15.1. The van der Waals surface area contributed by atoms with Crippen molar-refractivity contribution in [2.75, 3.05) is 26.7 Å².